The standard InChI is InChI=1S/C13H23N3O2/c1-15(13(4-5-13)10-18-3)9-12-8-14-11-16(12)6-7-17-2/h8,11H,4-7,9-10H2,1-3H3. The molecule has 1 aromatic rings. The van der Waals surface area contributed by atoms with Crippen LogP contribution >= 0.6 is 0 Å². The van der Waals surface area contributed by atoms with Crippen LogP contribution < -0.4 is 0 Å². The van der Waals surface area contributed by atoms with E-state index in [0.717, 1.165) is 26.3 Å². The molecule has 5 heteroatoms. The molecular weight excluding hydrogens is 230 g/mol. The summed E-state index contributed by atoms with van der Waals surface area (Å²) in [6.07, 6.45) is 6.26. The molecule has 0 amide bonds. The molecule has 0 atom stereocenters. The monoisotopic (exact) mass is 253 g/mol. The molecular formula is C13H23N3O2. The average molecular weight is 253 g/mol. The Morgan fingerprint density at radius 3 is 2.78 bits per heavy atom. The lowest BCUT2D eigenvalue weighted by atomic mass is 10.2. The van der Waals surface area contributed by atoms with E-state index in [1.54, 1.807) is 14.2 Å². The molecule has 2 rings (SSSR count). The summed E-state index contributed by atoms with van der Waals surface area (Å²) >= 11 is 0. The quantitative estimate of drug-likeness (QED) is 0.696. The Kier molecular flexibility index (Phi) is 4.37. The SMILES string of the molecule is COCCn1cncc1CN(C)C1(COC)CC1. The summed E-state index contributed by atoms with van der Waals surface area (Å²) in [4.78, 5) is 6.61. The van der Waals surface area contributed by atoms with Crippen molar-refractivity contribution in [1.82, 2.24) is 14.5 Å². The zero-order valence-electron chi connectivity index (χ0n) is 11.6. The van der Waals surface area contributed by atoms with Crippen LogP contribution in [0.5, 0.6) is 0 Å². The molecule has 0 saturated heterocycles. The smallest absolute Gasteiger partial charge is 0.0949 e. The fourth-order valence-corrected chi connectivity index (χ4v) is 2.33. The van der Waals surface area contributed by atoms with Crippen molar-refractivity contribution in [3.05, 3.63) is 18.2 Å². The first kappa shape index (κ1) is 13.5. The molecule has 0 spiro atoms. The number of nitrogens with zero attached hydrogens (tertiary/aromatic N) is 3. The van der Waals surface area contributed by atoms with Gasteiger partial charge in [-0.3, -0.25) is 4.90 Å². The minimum atomic E-state index is 0.255. The van der Waals surface area contributed by atoms with Crippen LogP contribution in [0.15, 0.2) is 12.5 Å². The maximum Gasteiger partial charge on any atom is 0.0949 e. The van der Waals surface area contributed by atoms with Crippen molar-refractivity contribution in [2.24, 2.45) is 0 Å². The second kappa shape index (κ2) is 5.82. The van der Waals surface area contributed by atoms with Crippen molar-refractivity contribution in [1.29, 1.82) is 0 Å². The maximum atomic E-state index is 5.32. The summed E-state index contributed by atoms with van der Waals surface area (Å²) in [7, 11) is 5.66. The van der Waals surface area contributed by atoms with Gasteiger partial charge >= 0.3 is 0 Å². The average Bonchev–Trinajstić information content (AvgIpc) is 3.02. The summed E-state index contributed by atoms with van der Waals surface area (Å²) in [5, 5.41) is 0. The van der Waals surface area contributed by atoms with Gasteiger partial charge in [0.25, 0.3) is 0 Å². The lowest BCUT2D eigenvalue weighted by Gasteiger charge is -2.27. The number of rotatable bonds is 8. The van der Waals surface area contributed by atoms with E-state index in [4.69, 9.17) is 9.47 Å². The summed E-state index contributed by atoms with van der Waals surface area (Å²) < 4.78 is 12.6. The highest BCUT2D eigenvalue weighted by molar-refractivity contribution is 5.06. The molecule has 102 valence electrons. The molecule has 0 radical (unpaired) electrons. The van der Waals surface area contributed by atoms with Gasteiger partial charge in [-0.25, -0.2) is 4.98 Å². The Morgan fingerprint density at radius 2 is 2.17 bits per heavy atom. The van der Waals surface area contributed by atoms with Crippen LogP contribution in [0.4, 0.5) is 0 Å². The number of hydrogen-bond acceptors (Lipinski definition) is 4. The van der Waals surface area contributed by atoms with Gasteiger partial charge in [-0.05, 0) is 19.9 Å². The van der Waals surface area contributed by atoms with Crippen molar-refractivity contribution < 1.29 is 9.47 Å². The summed E-state index contributed by atoms with van der Waals surface area (Å²) in [5.74, 6) is 0. The Bertz CT molecular complexity index is 374. The van der Waals surface area contributed by atoms with E-state index < -0.39 is 0 Å². The van der Waals surface area contributed by atoms with Crippen LogP contribution in [0.3, 0.4) is 0 Å². The van der Waals surface area contributed by atoms with Crippen LogP contribution in [0.25, 0.3) is 0 Å². The van der Waals surface area contributed by atoms with Crippen LogP contribution in [0, 0.1) is 0 Å². The van der Waals surface area contributed by atoms with Gasteiger partial charge in [-0.15, -0.1) is 0 Å². The number of ether oxygens (including phenoxy) is 2. The number of imidazole rings is 1. The van der Waals surface area contributed by atoms with Crippen LogP contribution in [-0.4, -0.2) is 54.5 Å². The maximum absolute atomic E-state index is 5.32. The number of likely N-dealkylation sites (N-methyl/N-ethyl adjacent to an activating group) is 1. The number of hydrogen-bond donors (Lipinski definition) is 0. The molecule has 1 aliphatic rings. The van der Waals surface area contributed by atoms with Crippen molar-refractivity contribution in [2.45, 2.75) is 31.5 Å². The topological polar surface area (TPSA) is 39.5 Å². The zero-order chi connectivity index (χ0) is 13.0. The largest absolute Gasteiger partial charge is 0.383 e. The first-order valence-electron chi connectivity index (χ1n) is 6.40. The molecule has 0 N–H and O–H groups in total. The molecule has 0 aromatic carbocycles. The first-order valence-corrected chi connectivity index (χ1v) is 6.40. The van der Waals surface area contributed by atoms with Gasteiger partial charge < -0.3 is 14.0 Å². The molecule has 1 saturated carbocycles. The van der Waals surface area contributed by atoms with E-state index in [0.29, 0.717) is 0 Å². The molecule has 0 aliphatic heterocycles. The third kappa shape index (κ3) is 2.91. The van der Waals surface area contributed by atoms with Gasteiger partial charge in [0.15, 0.2) is 0 Å². The highest BCUT2D eigenvalue weighted by Gasteiger charge is 2.46. The van der Waals surface area contributed by atoms with Crippen molar-refractivity contribution in [3.63, 3.8) is 0 Å². The fraction of sp³-hybridized carbons (Fsp3) is 0.769. The van der Waals surface area contributed by atoms with Gasteiger partial charge in [-0.1, -0.05) is 0 Å². The Hall–Kier alpha value is -0.910. The second-order valence-corrected chi connectivity index (χ2v) is 5.08. The van der Waals surface area contributed by atoms with E-state index in [1.165, 1.54) is 18.5 Å². The van der Waals surface area contributed by atoms with Gasteiger partial charge in [-0.2, -0.15) is 0 Å². The molecule has 1 aliphatic carbocycles. The second-order valence-electron chi connectivity index (χ2n) is 5.08. The summed E-state index contributed by atoms with van der Waals surface area (Å²) in [6.45, 7) is 3.30. The Labute approximate surface area is 109 Å². The van der Waals surface area contributed by atoms with Crippen LogP contribution in [0.1, 0.15) is 18.5 Å². The minimum Gasteiger partial charge on any atom is -0.383 e. The predicted octanol–water partition coefficient (Wildman–Crippen LogP) is 1.14. The third-order valence-corrected chi connectivity index (χ3v) is 3.78. The van der Waals surface area contributed by atoms with Crippen LogP contribution in [0.2, 0.25) is 0 Å². The normalized spacial score (nSPS) is 17.3. The number of aromatic nitrogens is 2. The molecule has 0 unspecified atom stereocenters. The van der Waals surface area contributed by atoms with Crippen LogP contribution in [-0.2, 0) is 22.6 Å². The van der Waals surface area contributed by atoms with E-state index in [2.05, 4.69) is 21.5 Å². The van der Waals surface area contributed by atoms with E-state index in [1.807, 2.05) is 12.5 Å². The zero-order valence-corrected chi connectivity index (χ0v) is 11.6. The molecule has 1 fully saturated rings. The van der Waals surface area contributed by atoms with E-state index in [9.17, 15) is 0 Å². The molecule has 0 bridgehead atoms. The van der Waals surface area contributed by atoms with E-state index >= 15 is 0 Å². The third-order valence-electron chi connectivity index (χ3n) is 3.78. The summed E-state index contributed by atoms with van der Waals surface area (Å²) in [5.41, 5.74) is 1.49. The lowest BCUT2D eigenvalue weighted by molar-refractivity contribution is 0.0854. The molecule has 1 aromatic heterocycles. The van der Waals surface area contributed by atoms with Gasteiger partial charge in [0.05, 0.1) is 25.2 Å². The molecule has 1 heterocycles. The minimum absolute atomic E-state index is 0.255. The van der Waals surface area contributed by atoms with Crippen molar-refractivity contribution in [3.8, 4) is 0 Å². The Balaban J connectivity index is 1.94. The van der Waals surface area contributed by atoms with Crippen molar-refractivity contribution in [2.75, 3.05) is 34.5 Å². The number of methoxy groups -OCH3 is 2. The Morgan fingerprint density at radius 1 is 1.39 bits per heavy atom. The highest BCUT2D eigenvalue weighted by atomic mass is 16.5. The lowest BCUT2D eigenvalue weighted by Crippen LogP contribution is -2.37. The highest BCUT2D eigenvalue weighted by Crippen LogP contribution is 2.41. The molecule has 5 nitrogen and oxygen atoms in total. The van der Waals surface area contributed by atoms with Crippen molar-refractivity contribution >= 4 is 0 Å². The van der Waals surface area contributed by atoms with Gasteiger partial charge in [0.1, 0.15) is 0 Å². The molecule has 18 heavy (non-hydrogen) atoms. The predicted molar refractivity (Wildman–Crippen MR) is 69.4 cm³/mol. The first-order chi connectivity index (χ1) is 8.72. The summed E-state index contributed by atoms with van der Waals surface area (Å²) in [6, 6.07) is 0. The fourth-order valence-electron chi connectivity index (χ4n) is 2.33. The van der Waals surface area contributed by atoms with Gasteiger partial charge in [0, 0.05) is 39.0 Å². The van der Waals surface area contributed by atoms with Gasteiger partial charge in [0.2, 0.25) is 0 Å². The van der Waals surface area contributed by atoms with E-state index in [-0.39, 0.29) is 5.54 Å².